The molecule has 2 aromatic rings. The highest BCUT2D eigenvalue weighted by atomic mass is 16.5. The summed E-state index contributed by atoms with van der Waals surface area (Å²) in [5.41, 5.74) is 2.72. The van der Waals surface area contributed by atoms with Crippen molar-refractivity contribution in [3.8, 4) is 5.75 Å². The molecule has 0 saturated carbocycles. The van der Waals surface area contributed by atoms with Crippen molar-refractivity contribution < 1.29 is 14.3 Å². The lowest BCUT2D eigenvalue weighted by Crippen LogP contribution is -2.56. The number of hydrogen-bond acceptors (Lipinski definition) is 5. The normalized spacial score (nSPS) is 17.2. The fraction of sp³-hybridized carbons (Fsp3) is 0.409. The second-order valence-corrected chi connectivity index (χ2v) is 7.44. The summed E-state index contributed by atoms with van der Waals surface area (Å²) in [4.78, 5) is 28.9. The number of hydrogen-bond donors (Lipinski definition) is 2. The third-order valence-electron chi connectivity index (χ3n) is 5.17. The van der Waals surface area contributed by atoms with E-state index in [9.17, 15) is 9.59 Å². The monoisotopic (exact) mass is 411 g/mol. The zero-order valence-electron chi connectivity index (χ0n) is 17.7. The maximum absolute atomic E-state index is 12.7. The molecule has 1 aliphatic heterocycles. The smallest absolute Gasteiger partial charge is 0.237 e. The molecule has 0 aliphatic carbocycles. The van der Waals surface area contributed by atoms with Crippen LogP contribution in [0.25, 0.3) is 6.08 Å². The third kappa shape index (κ3) is 5.48. The molecule has 8 heteroatoms. The van der Waals surface area contributed by atoms with Crippen LogP contribution >= 0.6 is 0 Å². The molecular weight excluding hydrogens is 382 g/mol. The number of benzene rings is 1. The number of aromatic amines is 1. The van der Waals surface area contributed by atoms with Gasteiger partial charge in [0.1, 0.15) is 5.75 Å². The van der Waals surface area contributed by atoms with Crippen LogP contribution in [0.2, 0.25) is 0 Å². The van der Waals surface area contributed by atoms with E-state index in [1.807, 2.05) is 54.3 Å². The molecule has 0 radical (unpaired) electrons. The summed E-state index contributed by atoms with van der Waals surface area (Å²) in [6, 6.07) is 9.18. The summed E-state index contributed by atoms with van der Waals surface area (Å²) in [6.07, 6.45) is 4.12. The van der Waals surface area contributed by atoms with Gasteiger partial charge in [-0.15, -0.1) is 0 Å². The van der Waals surface area contributed by atoms with Crippen LogP contribution in [0.5, 0.6) is 5.75 Å². The van der Waals surface area contributed by atoms with E-state index in [2.05, 4.69) is 15.5 Å². The Balaban J connectivity index is 1.61. The molecule has 30 heavy (non-hydrogen) atoms. The number of ether oxygens (including phenoxy) is 1. The first kappa shape index (κ1) is 21.6. The molecule has 2 heterocycles. The van der Waals surface area contributed by atoms with E-state index in [0.29, 0.717) is 26.2 Å². The van der Waals surface area contributed by atoms with E-state index in [4.69, 9.17) is 4.74 Å². The van der Waals surface area contributed by atoms with E-state index in [1.54, 1.807) is 19.1 Å². The van der Waals surface area contributed by atoms with Crippen LogP contribution in [0.3, 0.4) is 0 Å². The van der Waals surface area contributed by atoms with Gasteiger partial charge in [-0.25, -0.2) is 0 Å². The molecule has 8 nitrogen and oxygen atoms in total. The predicted octanol–water partition coefficient (Wildman–Crippen LogP) is 1.59. The molecule has 160 valence electrons. The summed E-state index contributed by atoms with van der Waals surface area (Å²) >= 11 is 0. The molecule has 1 atom stereocenters. The van der Waals surface area contributed by atoms with Crippen LogP contribution in [0, 0.1) is 6.92 Å². The molecule has 2 amide bonds. The van der Waals surface area contributed by atoms with Crippen molar-refractivity contribution in [2.75, 3.05) is 33.8 Å². The lowest BCUT2D eigenvalue weighted by Gasteiger charge is -2.34. The molecule has 0 bridgehead atoms. The number of carbonyl (C=O) groups excluding carboxylic acids is 2. The number of nitrogens with zero attached hydrogens (tertiary/aromatic N) is 3. The van der Waals surface area contributed by atoms with Crippen LogP contribution < -0.4 is 10.1 Å². The summed E-state index contributed by atoms with van der Waals surface area (Å²) in [6.45, 7) is 4.18. The van der Waals surface area contributed by atoms with Crippen LogP contribution in [-0.4, -0.2) is 71.6 Å². The quantitative estimate of drug-likeness (QED) is 0.689. The zero-order valence-corrected chi connectivity index (χ0v) is 17.7. The fourth-order valence-electron chi connectivity index (χ4n) is 3.53. The summed E-state index contributed by atoms with van der Waals surface area (Å²) < 4.78 is 5.37. The topological polar surface area (TPSA) is 90.6 Å². The average molecular weight is 412 g/mol. The maximum atomic E-state index is 12.7. The number of H-pyrrole nitrogens is 1. The SMILES string of the molecule is COc1ccccc1/C=C/CN1CCNC(=O)C1CC(=O)N(C)Cc1cc(C)[nH]n1. The minimum Gasteiger partial charge on any atom is -0.496 e. The van der Waals surface area contributed by atoms with E-state index in [1.165, 1.54) is 0 Å². The second kappa shape index (κ2) is 10.1. The highest BCUT2D eigenvalue weighted by molar-refractivity contribution is 5.88. The molecule has 2 N–H and O–H groups in total. The van der Waals surface area contributed by atoms with E-state index >= 15 is 0 Å². The summed E-state index contributed by atoms with van der Waals surface area (Å²) in [7, 11) is 3.38. The van der Waals surface area contributed by atoms with Crippen molar-refractivity contribution in [3.63, 3.8) is 0 Å². The Kier molecular flexibility index (Phi) is 7.24. The molecule has 0 spiro atoms. The standard InChI is InChI=1S/C22H29N5O3/c1-16-13-18(25-24-16)15-26(2)21(28)14-19-22(29)23-10-12-27(19)11-6-8-17-7-4-5-9-20(17)30-3/h4-9,13,19H,10-12,14-15H2,1-3H3,(H,23,29)(H,24,25)/b8-6+. The molecule has 1 aromatic heterocycles. The first-order valence-electron chi connectivity index (χ1n) is 10.0. The maximum Gasteiger partial charge on any atom is 0.237 e. The number of nitrogens with one attached hydrogen (secondary N) is 2. The van der Waals surface area contributed by atoms with Gasteiger partial charge in [0.15, 0.2) is 0 Å². The first-order chi connectivity index (χ1) is 14.5. The van der Waals surface area contributed by atoms with Gasteiger partial charge in [-0.1, -0.05) is 30.4 Å². The van der Waals surface area contributed by atoms with Crippen molar-refractivity contribution in [2.24, 2.45) is 0 Å². The van der Waals surface area contributed by atoms with Crippen molar-refractivity contribution in [2.45, 2.75) is 25.9 Å². The van der Waals surface area contributed by atoms with Gasteiger partial charge in [-0.3, -0.25) is 19.6 Å². The Hall–Kier alpha value is -3.13. The molecule has 1 unspecified atom stereocenters. The van der Waals surface area contributed by atoms with Crippen LogP contribution in [0.1, 0.15) is 23.4 Å². The number of methoxy groups -OCH3 is 1. The number of para-hydroxylation sites is 1. The Morgan fingerprint density at radius 2 is 2.20 bits per heavy atom. The Morgan fingerprint density at radius 3 is 2.93 bits per heavy atom. The van der Waals surface area contributed by atoms with Crippen molar-refractivity contribution in [1.29, 1.82) is 0 Å². The Bertz CT molecular complexity index is 908. The summed E-state index contributed by atoms with van der Waals surface area (Å²) in [5.74, 6) is 0.604. The van der Waals surface area contributed by atoms with E-state index < -0.39 is 6.04 Å². The van der Waals surface area contributed by atoms with Crippen molar-refractivity contribution in [1.82, 2.24) is 25.3 Å². The minimum atomic E-state index is -0.489. The lowest BCUT2D eigenvalue weighted by atomic mass is 10.1. The van der Waals surface area contributed by atoms with Crippen molar-refractivity contribution >= 4 is 17.9 Å². The molecular formula is C22H29N5O3. The van der Waals surface area contributed by atoms with Gasteiger partial charge in [0.25, 0.3) is 0 Å². The van der Waals surface area contributed by atoms with Crippen molar-refractivity contribution in [3.05, 3.63) is 53.4 Å². The van der Waals surface area contributed by atoms with E-state index in [0.717, 1.165) is 22.7 Å². The van der Waals surface area contributed by atoms with Gasteiger partial charge >= 0.3 is 0 Å². The number of carbonyl (C=O) groups is 2. The number of rotatable bonds is 8. The number of amides is 2. The average Bonchev–Trinajstić information content (AvgIpc) is 3.15. The highest BCUT2D eigenvalue weighted by Crippen LogP contribution is 2.19. The molecule has 1 aliphatic rings. The number of aryl methyl sites for hydroxylation is 1. The van der Waals surface area contributed by atoms with Crippen LogP contribution in [0.15, 0.2) is 36.4 Å². The van der Waals surface area contributed by atoms with Gasteiger partial charge in [0.05, 0.1) is 31.8 Å². The third-order valence-corrected chi connectivity index (χ3v) is 5.17. The van der Waals surface area contributed by atoms with Crippen LogP contribution in [-0.2, 0) is 16.1 Å². The summed E-state index contributed by atoms with van der Waals surface area (Å²) in [5, 5.41) is 9.92. The molecule has 1 aromatic carbocycles. The van der Waals surface area contributed by atoms with Crippen LogP contribution in [0.4, 0.5) is 0 Å². The van der Waals surface area contributed by atoms with Gasteiger partial charge in [-0.2, -0.15) is 5.10 Å². The predicted molar refractivity (Wildman–Crippen MR) is 115 cm³/mol. The molecule has 3 rings (SSSR count). The molecule has 1 saturated heterocycles. The lowest BCUT2D eigenvalue weighted by molar-refractivity contribution is -0.138. The zero-order chi connectivity index (χ0) is 21.5. The number of piperazine rings is 1. The van der Waals surface area contributed by atoms with Gasteiger partial charge in [-0.05, 0) is 19.1 Å². The van der Waals surface area contributed by atoms with E-state index in [-0.39, 0.29) is 18.2 Å². The first-order valence-corrected chi connectivity index (χ1v) is 10.0. The Labute approximate surface area is 176 Å². The van der Waals surface area contributed by atoms with Gasteiger partial charge in [0, 0.05) is 37.9 Å². The Morgan fingerprint density at radius 1 is 1.40 bits per heavy atom. The largest absolute Gasteiger partial charge is 0.496 e. The minimum absolute atomic E-state index is 0.0867. The highest BCUT2D eigenvalue weighted by Gasteiger charge is 2.31. The van der Waals surface area contributed by atoms with Gasteiger partial charge in [0.2, 0.25) is 11.8 Å². The van der Waals surface area contributed by atoms with Gasteiger partial charge < -0.3 is 15.0 Å². The fourth-order valence-corrected chi connectivity index (χ4v) is 3.53. The number of aromatic nitrogens is 2. The second-order valence-electron chi connectivity index (χ2n) is 7.44. The molecule has 1 fully saturated rings.